The van der Waals surface area contributed by atoms with Gasteiger partial charge in [0.15, 0.2) is 0 Å². The maximum atomic E-state index is 14.7. The molecule has 1 saturated heterocycles. The first-order chi connectivity index (χ1) is 20.1. The lowest BCUT2D eigenvalue weighted by Crippen LogP contribution is -2.54. The Morgan fingerprint density at radius 3 is 2.17 bits per heavy atom. The molecule has 41 heavy (non-hydrogen) atoms. The average Bonchev–Trinajstić information content (AvgIpc) is 3.30. The smallest absolute Gasteiger partial charge is 0.239 e. The molecule has 3 aliphatic carbocycles. The highest BCUT2D eigenvalue weighted by Crippen LogP contribution is 2.64. The lowest BCUT2D eigenvalue weighted by molar-refractivity contribution is -0.122. The topological polar surface area (TPSA) is 59.0 Å². The standard InChI is InChI=1S/C36H26N2O3/c1-41-24-13-9-12-23(20-24)37-21-36-28-17-6-4-15-26(28)31(27-16-5-7-18-29(27)36)32-33(36)35(40)38(34(32)39)30-19-8-11-22-10-2-3-14-25(22)30/h2-21,31-33H,1H3/t31?,32-,33-,36?/m1/s1. The van der Waals surface area contributed by atoms with Gasteiger partial charge in [-0.25, -0.2) is 4.90 Å². The summed E-state index contributed by atoms with van der Waals surface area (Å²) in [4.78, 5) is 35.7. The van der Waals surface area contributed by atoms with Gasteiger partial charge in [0, 0.05) is 23.6 Å². The van der Waals surface area contributed by atoms with Crippen LogP contribution in [0.15, 0.2) is 120 Å². The second kappa shape index (κ2) is 8.73. The van der Waals surface area contributed by atoms with E-state index >= 15 is 0 Å². The Hall–Kier alpha value is -5.03. The van der Waals surface area contributed by atoms with E-state index in [1.807, 2.05) is 97.2 Å². The maximum Gasteiger partial charge on any atom is 0.239 e. The van der Waals surface area contributed by atoms with Crippen LogP contribution in [0.3, 0.4) is 0 Å². The summed E-state index contributed by atoms with van der Waals surface area (Å²) in [6, 6.07) is 37.8. The van der Waals surface area contributed by atoms with Crippen LogP contribution in [0.1, 0.15) is 28.2 Å². The number of amides is 2. The van der Waals surface area contributed by atoms with Crippen molar-refractivity contribution in [2.75, 3.05) is 12.0 Å². The third-order valence-electron chi connectivity index (χ3n) is 9.16. The zero-order chi connectivity index (χ0) is 27.7. The van der Waals surface area contributed by atoms with Crippen LogP contribution in [-0.2, 0) is 15.0 Å². The molecule has 0 spiro atoms. The van der Waals surface area contributed by atoms with E-state index in [1.165, 1.54) is 4.90 Å². The summed E-state index contributed by atoms with van der Waals surface area (Å²) in [5, 5.41) is 1.88. The van der Waals surface area contributed by atoms with Gasteiger partial charge >= 0.3 is 0 Å². The number of ether oxygens (including phenoxy) is 1. The number of hydrogen-bond acceptors (Lipinski definition) is 4. The minimum Gasteiger partial charge on any atom is -0.497 e. The zero-order valence-electron chi connectivity index (χ0n) is 22.4. The van der Waals surface area contributed by atoms with Crippen molar-refractivity contribution in [1.29, 1.82) is 0 Å². The van der Waals surface area contributed by atoms with E-state index in [0.29, 0.717) is 11.4 Å². The lowest BCUT2D eigenvalue weighted by Gasteiger charge is -2.52. The summed E-state index contributed by atoms with van der Waals surface area (Å²) in [5.41, 5.74) is 4.70. The monoisotopic (exact) mass is 534 g/mol. The van der Waals surface area contributed by atoms with E-state index in [2.05, 4.69) is 24.3 Å². The van der Waals surface area contributed by atoms with Gasteiger partial charge in [0.2, 0.25) is 11.8 Å². The van der Waals surface area contributed by atoms with Crippen molar-refractivity contribution in [2.24, 2.45) is 16.8 Å². The summed E-state index contributed by atoms with van der Waals surface area (Å²) in [6.45, 7) is 0. The van der Waals surface area contributed by atoms with Crippen LogP contribution in [0.4, 0.5) is 11.4 Å². The van der Waals surface area contributed by atoms with Crippen LogP contribution >= 0.6 is 0 Å². The van der Waals surface area contributed by atoms with Crippen LogP contribution in [0.2, 0.25) is 0 Å². The number of anilines is 1. The SMILES string of the molecule is COc1cccc(N=CC23c4ccccc4C(c4ccccc42)[C@H]2C(=O)N(c4cccc5ccccc45)C(=O)[C@@H]23)c1. The molecule has 1 fully saturated rings. The van der Waals surface area contributed by atoms with Crippen molar-refractivity contribution >= 4 is 40.2 Å². The number of carbonyl (C=O) groups is 2. The molecular formula is C36H26N2O3. The number of imide groups is 1. The van der Waals surface area contributed by atoms with Gasteiger partial charge in [-0.15, -0.1) is 0 Å². The van der Waals surface area contributed by atoms with Crippen molar-refractivity contribution < 1.29 is 14.3 Å². The van der Waals surface area contributed by atoms with Crippen molar-refractivity contribution in [3.8, 4) is 5.75 Å². The van der Waals surface area contributed by atoms with Crippen molar-refractivity contribution in [2.45, 2.75) is 11.3 Å². The number of nitrogens with zero attached hydrogens (tertiary/aromatic N) is 2. The predicted octanol–water partition coefficient (Wildman–Crippen LogP) is 6.80. The molecule has 198 valence electrons. The number of aliphatic imine (C=N–C) groups is 1. The Bertz CT molecular complexity index is 1870. The fourth-order valence-electron chi connectivity index (χ4n) is 7.56. The molecule has 2 atom stereocenters. The second-order valence-corrected chi connectivity index (χ2v) is 11.0. The lowest BCUT2D eigenvalue weighted by atomic mass is 9.47. The Kier molecular flexibility index (Phi) is 5.08. The van der Waals surface area contributed by atoms with Gasteiger partial charge in [-0.3, -0.25) is 14.6 Å². The van der Waals surface area contributed by atoms with E-state index in [0.717, 1.165) is 38.7 Å². The second-order valence-electron chi connectivity index (χ2n) is 11.0. The molecule has 1 heterocycles. The first kappa shape index (κ1) is 23.8. The van der Waals surface area contributed by atoms with Gasteiger partial charge in [0.05, 0.1) is 35.7 Å². The highest BCUT2D eigenvalue weighted by atomic mass is 16.5. The minimum absolute atomic E-state index is 0.149. The van der Waals surface area contributed by atoms with Gasteiger partial charge in [-0.1, -0.05) is 91.0 Å². The van der Waals surface area contributed by atoms with Gasteiger partial charge in [-0.05, 0) is 45.8 Å². The molecule has 0 radical (unpaired) electrons. The number of methoxy groups -OCH3 is 1. The summed E-state index contributed by atoms with van der Waals surface area (Å²) < 4.78 is 5.44. The zero-order valence-corrected chi connectivity index (χ0v) is 22.4. The van der Waals surface area contributed by atoms with Crippen LogP contribution < -0.4 is 9.64 Å². The van der Waals surface area contributed by atoms with Crippen LogP contribution in [0.25, 0.3) is 10.8 Å². The molecule has 0 unspecified atom stereocenters. The van der Waals surface area contributed by atoms with E-state index in [4.69, 9.17) is 9.73 Å². The van der Waals surface area contributed by atoms with Gasteiger partial charge < -0.3 is 4.74 Å². The maximum absolute atomic E-state index is 14.7. The molecule has 0 saturated carbocycles. The largest absolute Gasteiger partial charge is 0.497 e. The molecule has 1 aliphatic heterocycles. The molecule has 5 aromatic carbocycles. The molecule has 0 N–H and O–H groups in total. The fourth-order valence-corrected chi connectivity index (χ4v) is 7.56. The average molecular weight is 535 g/mol. The number of fused-ring (bicyclic) bond motifs is 1. The number of carbonyl (C=O) groups excluding carboxylic acids is 2. The van der Waals surface area contributed by atoms with E-state index in [1.54, 1.807) is 7.11 Å². The van der Waals surface area contributed by atoms with Crippen LogP contribution in [0.5, 0.6) is 5.75 Å². The van der Waals surface area contributed by atoms with Crippen LogP contribution in [0, 0.1) is 11.8 Å². The molecule has 4 aliphatic rings. The minimum atomic E-state index is -0.915. The highest BCUT2D eigenvalue weighted by molar-refractivity contribution is 6.27. The van der Waals surface area contributed by atoms with Gasteiger partial charge in [0.1, 0.15) is 5.75 Å². The van der Waals surface area contributed by atoms with E-state index in [-0.39, 0.29) is 17.7 Å². The fraction of sp³-hybridized carbons (Fsp3) is 0.139. The van der Waals surface area contributed by atoms with E-state index < -0.39 is 17.3 Å². The van der Waals surface area contributed by atoms with E-state index in [9.17, 15) is 9.59 Å². The first-order valence-corrected chi connectivity index (χ1v) is 13.9. The summed E-state index contributed by atoms with van der Waals surface area (Å²) in [5.74, 6) is -0.999. The first-order valence-electron chi connectivity index (χ1n) is 13.9. The third kappa shape index (κ3) is 3.14. The molecular weight excluding hydrogens is 508 g/mol. The van der Waals surface area contributed by atoms with Crippen molar-refractivity contribution in [1.82, 2.24) is 0 Å². The van der Waals surface area contributed by atoms with Gasteiger partial charge in [-0.2, -0.15) is 0 Å². The summed E-state index contributed by atoms with van der Waals surface area (Å²) in [6.07, 6.45) is 1.92. The Labute approximate surface area is 237 Å². The highest BCUT2D eigenvalue weighted by Gasteiger charge is 2.68. The number of hydrogen-bond donors (Lipinski definition) is 0. The van der Waals surface area contributed by atoms with Crippen molar-refractivity contribution in [3.05, 3.63) is 138 Å². The molecule has 0 aromatic heterocycles. The normalized spacial score (nSPS) is 24.0. The van der Waals surface area contributed by atoms with Crippen molar-refractivity contribution in [3.63, 3.8) is 0 Å². The number of benzene rings is 5. The Morgan fingerprint density at radius 1 is 0.756 bits per heavy atom. The molecule has 2 bridgehead atoms. The Morgan fingerprint density at radius 2 is 1.41 bits per heavy atom. The summed E-state index contributed by atoms with van der Waals surface area (Å²) in [7, 11) is 1.63. The third-order valence-corrected chi connectivity index (χ3v) is 9.16. The quantitative estimate of drug-likeness (QED) is 0.188. The molecule has 5 heteroatoms. The molecule has 2 amide bonds. The summed E-state index contributed by atoms with van der Waals surface area (Å²) >= 11 is 0. The Balaban J connectivity index is 1.39. The van der Waals surface area contributed by atoms with Gasteiger partial charge in [0.25, 0.3) is 0 Å². The van der Waals surface area contributed by atoms with Crippen LogP contribution in [-0.4, -0.2) is 25.1 Å². The number of rotatable bonds is 4. The molecule has 9 rings (SSSR count). The molecule has 5 nitrogen and oxygen atoms in total. The molecule has 5 aromatic rings. The predicted molar refractivity (Wildman–Crippen MR) is 160 cm³/mol.